The molecule has 3 N–H and O–H groups in total. The zero-order valence-electron chi connectivity index (χ0n) is 21.3. The summed E-state index contributed by atoms with van der Waals surface area (Å²) in [6.45, 7) is 6.28. The van der Waals surface area contributed by atoms with Gasteiger partial charge in [-0.15, -0.1) is 0 Å². The van der Waals surface area contributed by atoms with Crippen LogP contribution in [0.3, 0.4) is 0 Å². The topological polar surface area (TPSA) is 129 Å². The molecule has 1 amide bonds. The lowest BCUT2D eigenvalue weighted by Gasteiger charge is -2.36. The lowest BCUT2D eigenvalue weighted by Crippen LogP contribution is -2.47. The van der Waals surface area contributed by atoms with Gasteiger partial charge in [0.05, 0.1) is 23.4 Å². The number of aromatic nitrogens is 4. The third kappa shape index (κ3) is 5.51. The molecule has 0 radical (unpaired) electrons. The molecule has 3 aromatic heterocycles. The maximum absolute atomic E-state index is 15.1. The number of benzene rings is 1. The zero-order chi connectivity index (χ0) is 28.2. The van der Waals surface area contributed by atoms with Crippen molar-refractivity contribution >= 4 is 40.0 Å². The Kier molecular flexibility index (Phi) is 7.75. The fourth-order valence-corrected chi connectivity index (χ4v) is 4.45. The highest BCUT2D eigenvalue weighted by Crippen LogP contribution is 2.29. The van der Waals surface area contributed by atoms with E-state index in [2.05, 4.69) is 37.1 Å². The van der Waals surface area contributed by atoms with Gasteiger partial charge in [-0.1, -0.05) is 6.58 Å². The molecular formula is C27H26F2N8O3. The Bertz CT molecular complexity index is 1640. The van der Waals surface area contributed by atoms with Gasteiger partial charge in [-0.2, -0.15) is 4.98 Å². The molecule has 1 aliphatic heterocycles. The Morgan fingerprint density at radius 2 is 1.90 bits per heavy atom. The normalized spacial score (nSPS) is 13.8. The second kappa shape index (κ2) is 11.6. The summed E-state index contributed by atoms with van der Waals surface area (Å²) in [4.78, 5) is 40.8. The summed E-state index contributed by atoms with van der Waals surface area (Å²) in [6, 6.07) is 7.40. The molecule has 0 saturated carbocycles. The molecule has 1 saturated heterocycles. The zero-order valence-corrected chi connectivity index (χ0v) is 21.3. The Hall–Kier alpha value is -4.75. The molecule has 13 heteroatoms. The minimum Gasteiger partial charge on any atom is -0.395 e. The largest absolute Gasteiger partial charge is 0.395 e. The van der Waals surface area contributed by atoms with Crippen molar-refractivity contribution < 1.29 is 18.7 Å². The summed E-state index contributed by atoms with van der Waals surface area (Å²) < 4.78 is 31.7. The van der Waals surface area contributed by atoms with Gasteiger partial charge in [0.2, 0.25) is 11.9 Å². The van der Waals surface area contributed by atoms with Crippen LogP contribution >= 0.6 is 0 Å². The highest BCUT2D eigenvalue weighted by Gasteiger charge is 2.23. The molecule has 5 rings (SSSR count). The number of halogens is 2. The van der Waals surface area contributed by atoms with E-state index in [0.29, 0.717) is 44.2 Å². The molecule has 206 valence electrons. The molecule has 1 aliphatic rings. The number of fused-ring (bicyclic) bond motifs is 1. The lowest BCUT2D eigenvalue weighted by atomic mass is 10.2. The van der Waals surface area contributed by atoms with Crippen LogP contribution in [0.2, 0.25) is 0 Å². The van der Waals surface area contributed by atoms with E-state index < -0.39 is 17.5 Å². The summed E-state index contributed by atoms with van der Waals surface area (Å²) in [5, 5.41) is 14.6. The Balaban J connectivity index is 1.44. The van der Waals surface area contributed by atoms with Crippen LogP contribution in [0.15, 0.2) is 66.4 Å². The SMILES string of the molecule is C=CC(=O)Nc1ccnc(-n2ccc(=O)c3cnc(Nc4ccc(N5CCN(CCO)CC5)c(F)c4F)nc32)c1. The quantitative estimate of drug-likeness (QED) is 0.285. The number of nitrogens with zero attached hydrogens (tertiary/aromatic N) is 6. The summed E-state index contributed by atoms with van der Waals surface area (Å²) in [5.74, 6) is -2.21. The number of pyridine rings is 2. The van der Waals surface area contributed by atoms with Gasteiger partial charge in [0.15, 0.2) is 22.7 Å². The van der Waals surface area contributed by atoms with Crippen molar-refractivity contribution in [3.63, 3.8) is 0 Å². The summed E-state index contributed by atoms with van der Waals surface area (Å²) in [6.07, 6.45) is 5.37. The number of aliphatic hydroxyl groups is 1. The molecule has 11 nitrogen and oxygen atoms in total. The average molecular weight is 549 g/mol. The van der Waals surface area contributed by atoms with Gasteiger partial charge in [-0.25, -0.2) is 18.7 Å². The van der Waals surface area contributed by atoms with Crippen molar-refractivity contribution in [1.29, 1.82) is 0 Å². The lowest BCUT2D eigenvalue weighted by molar-refractivity contribution is -0.111. The van der Waals surface area contributed by atoms with E-state index in [9.17, 15) is 9.59 Å². The first-order chi connectivity index (χ1) is 19.4. The minimum atomic E-state index is -1.09. The molecule has 0 spiro atoms. The van der Waals surface area contributed by atoms with Crippen molar-refractivity contribution in [3.8, 4) is 5.82 Å². The highest BCUT2D eigenvalue weighted by atomic mass is 19.2. The third-order valence-corrected chi connectivity index (χ3v) is 6.52. The van der Waals surface area contributed by atoms with Crippen LogP contribution in [0.25, 0.3) is 16.9 Å². The van der Waals surface area contributed by atoms with Crippen molar-refractivity contribution in [2.45, 2.75) is 0 Å². The van der Waals surface area contributed by atoms with Crippen LogP contribution in [0.4, 0.5) is 31.8 Å². The van der Waals surface area contributed by atoms with Gasteiger partial charge in [0.25, 0.3) is 0 Å². The number of β-amino-alcohol motifs (C(OH)–C–C–N with tert-alkyl or cyclic N) is 1. The van der Waals surface area contributed by atoms with Crippen LogP contribution < -0.4 is 21.0 Å². The number of piperazine rings is 1. The summed E-state index contributed by atoms with van der Waals surface area (Å²) >= 11 is 0. The number of hydrogen-bond acceptors (Lipinski definition) is 9. The fraction of sp³-hybridized carbons (Fsp3) is 0.222. The molecule has 4 heterocycles. The number of amides is 1. The van der Waals surface area contributed by atoms with Crippen LogP contribution in [-0.4, -0.2) is 74.8 Å². The number of carbonyl (C=O) groups excluding carboxylic acids is 1. The fourth-order valence-electron chi connectivity index (χ4n) is 4.45. The second-order valence-electron chi connectivity index (χ2n) is 9.01. The van der Waals surface area contributed by atoms with Crippen molar-refractivity contribution in [1.82, 2.24) is 24.4 Å². The molecule has 0 atom stereocenters. The van der Waals surface area contributed by atoms with Gasteiger partial charge in [0.1, 0.15) is 5.82 Å². The van der Waals surface area contributed by atoms with Crippen molar-refractivity contribution in [2.24, 2.45) is 0 Å². The van der Waals surface area contributed by atoms with Crippen LogP contribution in [0, 0.1) is 11.6 Å². The number of anilines is 4. The van der Waals surface area contributed by atoms with E-state index in [1.165, 1.54) is 41.4 Å². The summed E-state index contributed by atoms with van der Waals surface area (Å²) in [7, 11) is 0. The molecule has 0 aliphatic carbocycles. The highest BCUT2D eigenvalue weighted by molar-refractivity contribution is 5.99. The van der Waals surface area contributed by atoms with E-state index in [1.54, 1.807) is 17.0 Å². The van der Waals surface area contributed by atoms with Crippen molar-refractivity contribution in [2.75, 3.05) is 54.9 Å². The molecule has 0 unspecified atom stereocenters. The van der Waals surface area contributed by atoms with Gasteiger partial charge in [0, 0.05) is 69.1 Å². The number of nitrogens with one attached hydrogen (secondary N) is 2. The Morgan fingerprint density at radius 3 is 2.65 bits per heavy atom. The van der Waals surface area contributed by atoms with E-state index in [1.807, 2.05) is 0 Å². The maximum atomic E-state index is 15.1. The first-order valence-corrected chi connectivity index (χ1v) is 12.5. The van der Waals surface area contributed by atoms with Gasteiger partial charge in [-0.05, 0) is 24.3 Å². The van der Waals surface area contributed by atoms with Gasteiger partial charge < -0.3 is 20.6 Å². The molecule has 40 heavy (non-hydrogen) atoms. The first kappa shape index (κ1) is 26.8. The Morgan fingerprint density at radius 1 is 1.10 bits per heavy atom. The smallest absolute Gasteiger partial charge is 0.247 e. The average Bonchev–Trinajstić information content (AvgIpc) is 2.96. The Labute approximate surface area is 227 Å². The first-order valence-electron chi connectivity index (χ1n) is 12.5. The number of carbonyl (C=O) groups is 1. The monoisotopic (exact) mass is 548 g/mol. The number of aliphatic hydroxyl groups excluding tert-OH is 1. The van der Waals surface area contributed by atoms with Crippen LogP contribution in [0.1, 0.15) is 0 Å². The van der Waals surface area contributed by atoms with E-state index >= 15 is 8.78 Å². The number of rotatable bonds is 8. The molecule has 0 bridgehead atoms. The molecule has 1 fully saturated rings. The predicted molar refractivity (Wildman–Crippen MR) is 147 cm³/mol. The maximum Gasteiger partial charge on any atom is 0.247 e. The van der Waals surface area contributed by atoms with Gasteiger partial charge in [-0.3, -0.25) is 19.1 Å². The van der Waals surface area contributed by atoms with Crippen molar-refractivity contribution in [3.05, 3.63) is 83.4 Å². The molecular weight excluding hydrogens is 522 g/mol. The van der Waals surface area contributed by atoms with E-state index in [4.69, 9.17) is 5.11 Å². The van der Waals surface area contributed by atoms with Crippen LogP contribution in [-0.2, 0) is 4.79 Å². The molecule has 1 aromatic carbocycles. The van der Waals surface area contributed by atoms with Gasteiger partial charge >= 0.3 is 0 Å². The van der Waals surface area contributed by atoms with E-state index in [0.717, 1.165) is 6.08 Å². The standard InChI is InChI=1S/C27H26F2N8O3/c1-2-23(40)32-17-5-7-30-22(15-17)37-8-6-21(39)18-16-31-27(34-26(18)37)33-19-3-4-20(25(29)24(19)28)36-11-9-35(10-12-36)13-14-38/h2-8,15-16,38H,1,9-14H2,(H,30,32,40)(H,31,33,34). The summed E-state index contributed by atoms with van der Waals surface area (Å²) in [5.41, 5.74) is 0.255. The third-order valence-electron chi connectivity index (χ3n) is 6.52. The second-order valence-corrected chi connectivity index (χ2v) is 9.01. The number of hydrogen-bond donors (Lipinski definition) is 3. The van der Waals surface area contributed by atoms with E-state index in [-0.39, 0.29) is 40.4 Å². The molecule has 4 aromatic rings. The minimum absolute atomic E-state index is 0.0488. The van der Waals surface area contributed by atoms with Crippen LogP contribution in [0.5, 0.6) is 0 Å². The predicted octanol–water partition coefficient (Wildman–Crippen LogP) is 2.44.